The molecular weight excluding hydrogens is 532 g/mol. The molecule has 0 saturated heterocycles. The third-order valence-electron chi connectivity index (χ3n) is 5.49. The Morgan fingerprint density at radius 3 is 2.41 bits per heavy atom. The highest BCUT2D eigenvalue weighted by Gasteiger charge is 2.38. The Morgan fingerprint density at radius 1 is 1.14 bits per heavy atom. The average molecular weight is 549 g/mol. The van der Waals surface area contributed by atoms with E-state index in [-0.39, 0.29) is 28.2 Å². The summed E-state index contributed by atoms with van der Waals surface area (Å²) in [7, 11) is -2.78. The molecule has 4 aromatic rings. The maximum atomic E-state index is 13.2. The molecule has 4 heterocycles. The van der Waals surface area contributed by atoms with Crippen molar-refractivity contribution < 1.29 is 39.6 Å². The molecule has 0 aliphatic heterocycles. The van der Waals surface area contributed by atoms with Crippen LogP contribution in [-0.2, 0) is 23.1 Å². The van der Waals surface area contributed by atoms with Crippen LogP contribution < -0.4 is 5.32 Å². The minimum atomic E-state index is -4.75. The SMILES string of the molecule is CCS(=O)(=O)c1nn2c(C(=O)NC(C)C(F)(F)F)ccnc2c1-c1nc2cc(C(F)(F)F)cnc2n1C. The quantitative estimate of drug-likeness (QED) is 0.379. The molecule has 1 atom stereocenters. The first-order valence-electron chi connectivity index (χ1n) is 10.4. The van der Waals surface area contributed by atoms with E-state index >= 15 is 0 Å². The van der Waals surface area contributed by atoms with Crippen LogP contribution in [0.15, 0.2) is 29.6 Å². The molecule has 198 valence electrons. The minimum Gasteiger partial charge on any atom is -0.339 e. The molecule has 0 spiro atoms. The molecule has 0 aromatic carbocycles. The molecule has 0 fully saturated rings. The Hall–Kier alpha value is -3.76. The Kier molecular flexibility index (Phi) is 6.16. The highest BCUT2D eigenvalue weighted by atomic mass is 32.2. The number of imidazole rings is 1. The number of aryl methyl sites for hydroxylation is 1. The number of hydrogen-bond acceptors (Lipinski definition) is 7. The Balaban J connectivity index is 1.99. The second kappa shape index (κ2) is 8.67. The molecule has 0 bridgehead atoms. The lowest BCUT2D eigenvalue weighted by molar-refractivity contribution is -0.149. The van der Waals surface area contributed by atoms with Crippen molar-refractivity contribution in [3.8, 4) is 11.4 Å². The van der Waals surface area contributed by atoms with Crippen molar-refractivity contribution in [2.45, 2.75) is 37.3 Å². The maximum absolute atomic E-state index is 13.2. The van der Waals surface area contributed by atoms with E-state index in [1.54, 1.807) is 5.32 Å². The number of rotatable bonds is 5. The van der Waals surface area contributed by atoms with Crippen molar-refractivity contribution >= 4 is 32.6 Å². The lowest BCUT2D eigenvalue weighted by Gasteiger charge is -2.17. The highest BCUT2D eigenvalue weighted by Crippen LogP contribution is 2.35. The van der Waals surface area contributed by atoms with E-state index in [1.165, 1.54) is 18.5 Å². The van der Waals surface area contributed by atoms with Gasteiger partial charge in [0.2, 0.25) is 0 Å². The molecule has 1 N–H and O–H groups in total. The number of amides is 1. The zero-order valence-corrected chi connectivity index (χ0v) is 20.0. The van der Waals surface area contributed by atoms with Crippen LogP contribution in [-0.4, -0.2) is 61.4 Å². The molecular formula is C20H17F6N7O3S. The van der Waals surface area contributed by atoms with Crippen LogP contribution in [0.1, 0.15) is 29.9 Å². The molecule has 0 aliphatic rings. The van der Waals surface area contributed by atoms with Gasteiger partial charge in [0, 0.05) is 19.4 Å². The molecule has 0 aliphatic carbocycles. The lowest BCUT2D eigenvalue weighted by Crippen LogP contribution is -2.43. The second-order valence-corrected chi connectivity index (χ2v) is 10.1. The van der Waals surface area contributed by atoms with Crippen LogP contribution in [0, 0.1) is 0 Å². The summed E-state index contributed by atoms with van der Waals surface area (Å²) in [4.78, 5) is 24.6. The van der Waals surface area contributed by atoms with Gasteiger partial charge < -0.3 is 9.88 Å². The van der Waals surface area contributed by atoms with Crippen LogP contribution in [0.2, 0.25) is 0 Å². The van der Waals surface area contributed by atoms with E-state index in [0.717, 1.165) is 29.8 Å². The summed E-state index contributed by atoms with van der Waals surface area (Å²) in [6.45, 7) is 2.03. The highest BCUT2D eigenvalue weighted by molar-refractivity contribution is 7.91. The van der Waals surface area contributed by atoms with Gasteiger partial charge in [0.25, 0.3) is 5.91 Å². The normalized spacial score (nSPS) is 13.9. The first-order valence-corrected chi connectivity index (χ1v) is 12.1. The molecule has 17 heteroatoms. The number of nitrogens with zero attached hydrogens (tertiary/aromatic N) is 6. The van der Waals surface area contributed by atoms with Gasteiger partial charge in [0.1, 0.15) is 28.6 Å². The molecule has 4 rings (SSSR count). The molecule has 1 amide bonds. The number of nitrogens with one attached hydrogen (secondary N) is 1. The third-order valence-corrected chi connectivity index (χ3v) is 7.13. The summed E-state index contributed by atoms with van der Waals surface area (Å²) in [6, 6.07) is -0.460. The van der Waals surface area contributed by atoms with Gasteiger partial charge in [-0.15, -0.1) is 0 Å². The van der Waals surface area contributed by atoms with Crippen LogP contribution in [0.5, 0.6) is 0 Å². The van der Waals surface area contributed by atoms with E-state index < -0.39 is 56.2 Å². The summed E-state index contributed by atoms with van der Waals surface area (Å²) in [6.07, 6.45) is -7.81. The fraction of sp³-hybridized carbons (Fsp3) is 0.350. The lowest BCUT2D eigenvalue weighted by atomic mass is 10.2. The number of fused-ring (bicyclic) bond motifs is 2. The van der Waals surface area contributed by atoms with Crippen molar-refractivity contribution in [3.63, 3.8) is 0 Å². The molecule has 0 saturated carbocycles. The van der Waals surface area contributed by atoms with Gasteiger partial charge in [-0.1, -0.05) is 6.92 Å². The Bertz CT molecular complexity index is 1640. The number of sulfone groups is 1. The number of carbonyl (C=O) groups excluding carboxylic acids is 1. The largest absolute Gasteiger partial charge is 0.417 e. The topological polar surface area (TPSA) is 124 Å². The maximum Gasteiger partial charge on any atom is 0.417 e. The first kappa shape index (κ1) is 26.3. The summed E-state index contributed by atoms with van der Waals surface area (Å²) >= 11 is 0. The standard InChI is InChI=1S/C20H17F6N7O3S/c1-4-37(35,36)18-13(16-30-11-7-10(20(24,25)26)8-28-14(11)32(16)3)15-27-6-5-12(33(15)31-18)17(34)29-9(2)19(21,22)23/h5-9H,4H2,1-3H3,(H,29,34). The van der Waals surface area contributed by atoms with Gasteiger partial charge >= 0.3 is 12.4 Å². The average Bonchev–Trinajstić information content (AvgIpc) is 3.35. The van der Waals surface area contributed by atoms with Gasteiger partial charge in [-0.25, -0.2) is 27.9 Å². The van der Waals surface area contributed by atoms with Crippen molar-refractivity contribution in [2.24, 2.45) is 7.05 Å². The fourth-order valence-corrected chi connectivity index (χ4v) is 4.43. The van der Waals surface area contributed by atoms with Gasteiger partial charge in [-0.3, -0.25) is 4.79 Å². The molecule has 4 aromatic heterocycles. The van der Waals surface area contributed by atoms with Crippen LogP contribution in [0.25, 0.3) is 28.2 Å². The molecule has 10 nitrogen and oxygen atoms in total. The van der Waals surface area contributed by atoms with Gasteiger partial charge in [-0.2, -0.15) is 31.4 Å². The summed E-state index contributed by atoms with van der Waals surface area (Å²) in [5, 5.41) is 5.11. The molecule has 1 unspecified atom stereocenters. The third kappa shape index (κ3) is 4.58. The number of alkyl halides is 6. The van der Waals surface area contributed by atoms with Crippen LogP contribution >= 0.6 is 0 Å². The van der Waals surface area contributed by atoms with E-state index in [1.807, 2.05) is 0 Å². The Morgan fingerprint density at radius 2 is 1.81 bits per heavy atom. The summed E-state index contributed by atoms with van der Waals surface area (Å²) in [5.41, 5.74) is -2.30. The predicted octanol–water partition coefficient (Wildman–Crippen LogP) is 3.17. The van der Waals surface area contributed by atoms with Gasteiger partial charge in [0.15, 0.2) is 26.2 Å². The number of aromatic nitrogens is 6. The second-order valence-electron chi connectivity index (χ2n) is 7.94. The van der Waals surface area contributed by atoms with Crippen molar-refractivity contribution in [2.75, 3.05) is 5.75 Å². The number of carbonyl (C=O) groups is 1. The van der Waals surface area contributed by atoms with E-state index in [4.69, 9.17) is 0 Å². The van der Waals surface area contributed by atoms with E-state index in [9.17, 15) is 39.6 Å². The summed E-state index contributed by atoms with van der Waals surface area (Å²) < 4.78 is 106. The van der Waals surface area contributed by atoms with Gasteiger partial charge in [-0.05, 0) is 19.1 Å². The van der Waals surface area contributed by atoms with Gasteiger partial charge in [0.05, 0.1) is 11.3 Å². The minimum absolute atomic E-state index is 0.0184. The van der Waals surface area contributed by atoms with Crippen molar-refractivity contribution in [1.29, 1.82) is 0 Å². The zero-order valence-electron chi connectivity index (χ0n) is 19.2. The van der Waals surface area contributed by atoms with Crippen LogP contribution in [0.3, 0.4) is 0 Å². The number of pyridine rings is 1. The summed E-state index contributed by atoms with van der Waals surface area (Å²) in [5.74, 6) is -1.86. The molecule has 0 radical (unpaired) electrons. The number of hydrogen-bond donors (Lipinski definition) is 1. The molecule has 37 heavy (non-hydrogen) atoms. The number of halogens is 6. The van der Waals surface area contributed by atoms with Crippen LogP contribution in [0.4, 0.5) is 26.3 Å². The van der Waals surface area contributed by atoms with E-state index in [2.05, 4.69) is 20.1 Å². The van der Waals surface area contributed by atoms with E-state index in [0.29, 0.717) is 6.20 Å². The zero-order chi connectivity index (χ0) is 27.5. The fourth-order valence-electron chi connectivity index (χ4n) is 3.46. The smallest absolute Gasteiger partial charge is 0.339 e. The Labute approximate surface area is 204 Å². The monoisotopic (exact) mass is 549 g/mol. The first-order chi connectivity index (χ1) is 17.1. The predicted molar refractivity (Wildman–Crippen MR) is 116 cm³/mol. The van der Waals surface area contributed by atoms with Crippen molar-refractivity contribution in [3.05, 3.63) is 35.8 Å². The van der Waals surface area contributed by atoms with Crippen molar-refractivity contribution in [1.82, 2.24) is 34.4 Å².